The lowest BCUT2D eigenvalue weighted by Crippen LogP contribution is -2.34. The van der Waals surface area contributed by atoms with E-state index in [1.807, 2.05) is 10.8 Å². The van der Waals surface area contributed by atoms with Crippen LogP contribution < -0.4 is 10.6 Å². The largest absolute Gasteiger partial charge is 0.366 e. The zero-order chi connectivity index (χ0) is 13.6. The third kappa shape index (κ3) is 1.95. The number of nitrogen functional groups attached to an aromatic ring is 1. The minimum Gasteiger partial charge on any atom is -0.366 e. The zero-order valence-corrected chi connectivity index (χ0v) is 11.1. The fourth-order valence-electron chi connectivity index (χ4n) is 2.19. The van der Waals surface area contributed by atoms with Crippen molar-refractivity contribution in [2.24, 2.45) is 0 Å². The van der Waals surface area contributed by atoms with E-state index in [0.717, 1.165) is 12.1 Å². The quantitative estimate of drug-likeness (QED) is 0.818. The van der Waals surface area contributed by atoms with E-state index in [-0.39, 0.29) is 16.6 Å². The van der Waals surface area contributed by atoms with Crippen LogP contribution in [0.1, 0.15) is 5.82 Å². The summed E-state index contributed by atoms with van der Waals surface area (Å²) < 4.78 is 30.3. The minimum absolute atomic E-state index is 0.0486. The van der Waals surface area contributed by atoms with E-state index >= 15 is 0 Å². The molecule has 3 heterocycles. The normalized spacial score (nSPS) is 15.5. The summed E-state index contributed by atoms with van der Waals surface area (Å²) in [6, 6.07) is 0. The molecular weight excluding hydrogens is 270 g/mol. The molecule has 8 nitrogen and oxygen atoms in total. The van der Waals surface area contributed by atoms with Crippen LogP contribution in [0.15, 0.2) is 21.8 Å². The molecule has 0 unspecified atom stereocenters. The second kappa shape index (κ2) is 3.98. The third-order valence-electron chi connectivity index (χ3n) is 3.07. The fraction of sp³-hybridized carbons (Fsp3) is 0.400. The molecule has 0 saturated carbocycles. The van der Waals surface area contributed by atoms with Crippen LogP contribution in [0.5, 0.6) is 0 Å². The van der Waals surface area contributed by atoms with Gasteiger partial charge in [0.1, 0.15) is 5.82 Å². The Labute approximate surface area is 109 Å². The van der Waals surface area contributed by atoms with Gasteiger partial charge in [-0.05, 0) is 0 Å². The molecule has 102 valence electrons. The number of nitrogens with two attached hydrogens (primary N) is 1. The highest BCUT2D eigenvalue weighted by atomic mass is 32.2. The molecule has 0 spiro atoms. The van der Waals surface area contributed by atoms with Crippen molar-refractivity contribution in [3.05, 3.63) is 18.2 Å². The molecule has 3 rings (SSSR count). The number of imidazole rings is 1. The number of nitrogens with zero attached hydrogens (tertiary/aromatic N) is 4. The monoisotopic (exact) mass is 283 g/mol. The van der Waals surface area contributed by atoms with Crippen molar-refractivity contribution in [3.63, 3.8) is 0 Å². The van der Waals surface area contributed by atoms with Crippen LogP contribution in [0, 0.1) is 0 Å². The summed E-state index contributed by atoms with van der Waals surface area (Å²) >= 11 is 0. The average Bonchev–Trinajstić information content (AvgIpc) is 2.92. The molecule has 1 aliphatic rings. The van der Waals surface area contributed by atoms with E-state index < -0.39 is 9.84 Å². The number of aromatic nitrogens is 3. The third-order valence-corrected chi connectivity index (χ3v) is 4.20. The molecule has 2 aromatic rings. The molecule has 0 fully saturated rings. The molecule has 0 aromatic carbocycles. The van der Waals surface area contributed by atoms with E-state index in [2.05, 4.69) is 10.1 Å². The Kier molecular flexibility index (Phi) is 2.52. The van der Waals surface area contributed by atoms with Crippen LogP contribution >= 0.6 is 0 Å². The van der Waals surface area contributed by atoms with Crippen molar-refractivity contribution in [3.8, 4) is 0 Å². The summed E-state index contributed by atoms with van der Waals surface area (Å²) in [7, 11) is -3.48. The molecule has 2 N–H and O–H groups in total. The first-order valence-electron chi connectivity index (χ1n) is 5.67. The van der Waals surface area contributed by atoms with Gasteiger partial charge < -0.3 is 19.7 Å². The second-order valence-electron chi connectivity index (χ2n) is 4.43. The highest BCUT2D eigenvalue weighted by Crippen LogP contribution is 2.31. The van der Waals surface area contributed by atoms with Crippen LogP contribution in [0.4, 0.5) is 11.7 Å². The van der Waals surface area contributed by atoms with Crippen LogP contribution in [0.2, 0.25) is 0 Å². The van der Waals surface area contributed by atoms with Gasteiger partial charge in [-0.25, -0.2) is 13.4 Å². The van der Waals surface area contributed by atoms with E-state index in [0.29, 0.717) is 19.6 Å². The topological polar surface area (TPSA) is 107 Å². The van der Waals surface area contributed by atoms with Gasteiger partial charge in [0.05, 0.1) is 6.54 Å². The lowest BCUT2D eigenvalue weighted by molar-refractivity contribution is 0.430. The SMILES string of the molecule is CS(=O)(=O)c1c(N2CCn3ccnc3C2)noc1N. The maximum Gasteiger partial charge on any atom is 0.243 e. The lowest BCUT2D eigenvalue weighted by atomic mass is 10.3. The van der Waals surface area contributed by atoms with E-state index in [1.165, 1.54) is 0 Å². The fourth-order valence-corrected chi connectivity index (χ4v) is 3.09. The Morgan fingerprint density at radius 3 is 2.95 bits per heavy atom. The first-order chi connectivity index (χ1) is 8.97. The van der Waals surface area contributed by atoms with Crippen molar-refractivity contribution in [1.29, 1.82) is 0 Å². The van der Waals surface area contributed by atoms with Crippen molar-refractivity contribution >= 4 is 21.5 Å². The Morgan fingerprint density at radius 1 is 1.42 bits per heavy atom. The van der Waals surface area contributed by atoms with Gasteiger partial charge in [0.15, 0.2) is 20.6 Å². The Hall–Kier alpha value is -2.03. The van der Waals surface area contributed by atoms with E-state index in [4.69, 9.17) is 10.3 Å². The number of sulfone groups is 1. The van der Waals surface area contributed by atoms with Gasteiger partial charge in [-0.3, -0.25) is 0 Å². The van der Waals surface area contributed by atoms with Crippen molar-refractivity contribution < 1.29 is 12.9 Å². The molecule has 0 bridgehead atoms. The number of fused-ring (bicyclic) bond motifs is 1. The summed E-state index contributed by atoms with van der Waals surface area (Å²) in [6.07, 6.45) is 4.69. The molecule has 19 heavy (non-hydrogen) atoms. The molecule has 0 saturated heterocycles. The number of anilines is 2. The highest BCUT2D eigenvalue weighted by molar-refractivity contribution is 7.91. The van der Waals surface area contributed by atoms with E-state index in [1.54, 1.807) is 11.1 Å². The maximum atomic E-state index is 11.7. The number of hydrogen-bond donors (Lipinski definition) is 1. The molecule has 1 aliphatic heterocycles. The zero-order valence-electron chi connectivity index (χ0n) is 10.3. The summed E-state index contributed by atoms with van der Waals surface area (Å²) in [6.45, 7) is 1.81. The molecule has 0 radical (unpaired) electrons. The van der Waals surface area contributed by atoms with Crippen LogP contribution in [-0.4, -0.2) is 35.9 Å². The van der Waals surface area contributed by atoms with Crippen LogP contribution in [-0.2, 0) is 22.9 Å². The predicted octanol–water partition coefficient (Wildman–Crippen LogP) is -0.123. The minimum atomic E-state index is -3.48. The summed E-state index contributed by atoms with van der Waals surface area (Å²) in [5.41, 5.74) is 5.55. The van der Waals surface area contributed by atoms with Crippen molar-refractivity contribution in [2.45, 2.75) is 18.0 Å². The van der Waals surface area contributed by atoms with Gasteiger partial charge in [0.2, 0.25) is 5.88 Å². The van der Waals surface area contributed by atoms with Crippen molar-refractivity contribution in [1.82, 2.24) is 14.7 Å². The summed E-state index contributed by atoms with van der Waals surface area (Å²) in [4.78, 5) is 5.97. The van der Waals surface area contributed by atoms with Gasteiger partial charge in [-0.15, -0.1) is 0 Å². The second-order valence-corrected chi connectivity index (χ2v) is 6.38. The molecule has 0 aliphatic carbocycles. The molecule has 9 heteroatoms. The van der Waals surface area contributed by atoms with E-state index in [9.17, 15) is 8.42 Å². The predicted molar refractivity (Wildman–Crippen MR) is 67.3 cm³/mol. The molecular formula is C10H13N5O3S. The number of rotatable bonds is 2. The number of hydrogen-bond acceptors (Lipinski definition) is 7. The van der Waals surface area contributed by atoms with Crippen LogP contribution in [0.3, 0.4) is 0 Å². The van der Waals surface area contributed by atoms with Crippen LogP contribution in [0.25, 0.3) is 0 Å². The van der Waals surface area contributed by atoms with Gasteiger partial charge in [-0.2, -0.15) is 0 Å². The smallest absolute Gasteiger partial charge is 0.243 e. The Bertz CT molecular complexity index is 717. The average molecular weight is 283 g/mol. The Balaban J connectivity index is 2.01. The highest BCUT2D eigenvalue weighted by Gasteiger charge is 2.29. The summed E-state index contributed by atoms with van der Waals surface area (Å²) in [5.74, 6) is 0.938. The Morgan fingerprint density at radius 2 is 2.21 bits per heavy atom. The molecule has 0 atom stereocenters. The van der Waals surface area contributed by atoms with Gasteiger partial charge >= 0.3 is 0 Å². The van der Waals surface area contributed by atoms with Gasteiger partial charge in [0.25, 0.3) is 0 Å². The lowest BCUT2D eigenvalue weighted by Gasteiger charge is -2.27. The first kappa shape index (κ1) is 12.0. The van der Waals surface area contributed by atoms with Gasteiger partial charge in [0, 0.05) is 31.7 Å². The molecule has 0 amide bonds. The first-order valence-corrected chi connectivity index (χ1v) is 7.56. The maximum absolute atomic E-state index is 11.7. The van der Waals surface area contributed by atoms with Crippen molar-refractivity contribution in [2.75, 3.05) is 23.4 Å². The summed E-state index contributed by atoms with van der Waals surface area (Å²) in [5, 5.41) is 3.77. The molecule has 2 aromatic heterocycles. The van der Waals surface area contributed by atoms with Gasteiger partial charge in [-0.1, -0.05) is 5.16 Å². The standard InChI is InChI=1S/C10H13N5O3S/c1-19(16,17)8-9(11)18-13-10(8)15-5-4-14-3-2-12-7(14)6-15/h2-3H,4-6,11H2,1H3.